The van der Waals surface area contributed by atoms with E-state index in [1.165, 1.54) is 0 Å². The normalized spacial score (nSPS) is 10.6. The number of aryl methyl sites for hydroxylation is 1. The Hall–Kier alpha value is -0.150. The fourth-order valence-corrected chi connectivity index (χ4v) is 0.885. The van der Waals surface area contributed by atoms with Gasteiger partial charge in [0.05, 0.1) is 5.56 Å². The van der Waals surface area contributed by atoms with E-state index in [-0.39, 0.29) is 11.6 Å². The van der Waals surface area contributed by atoms with E-state index in [0.29, 0.717) is 11.3 Å². The number of aromatic nitrogens is 1. The van der Waals surface area contributed by atoms with Gasteiger partial charge in [-0.3, -0.25) is 4.57 Å². The largest absolute Gasteiger partial charge is 0.507 e. The smallest absolute Gasteiger partial charge is 0.339 e. The van der Waals surface area contributed by atoms with E-state index < -0.39 is 5.20 Å². The van der Waals surface area contributed by atoms with Gasteiger partial charge < -0.3 is 10.2 Å². The fourth-order valence-electron chi connectivity index (χ4n) is 0.885. The minimum Gasteiger partial charge on any atom is -0.507 e. The quantitative estimate of drug-likeness (QED) is 0.704. The average Bonchev–Trinajstić information content (AvgIpc) is 2.09. The van der Waals surface area contributed by atoms with E-state index in [2.05, 4.69) is 38.7 Å². The molecule has 0 aliphatic rings. The van der Waals surface area contributed by atoms with Crippen LogP contribution in [0.3, 0.4) is 0 Å². The summed E-state index contributed by atoms with van der Waals surface area (Å²) >= 11 is 13.8. The Labute approximate surface area is 108 Å². The van der Waals surface area contributed by atoms with Crippen LogP contribution in [0.2, 0.25) is 0 Å². The molecule has 0 aliphatic heterocycles. The molecule has 16 heavy (non-hydrogen) atoms. The van der Waals surface area contributed by atoms with Crippen molar-refractivity contribution in [1.82, 2.24) is 4.98 Å². The fraction of sp³-hybridized carbons (Fsp3) is 0.375. The maximum absolute atomic E-state index is 9.51. The lowest BCUT2D eigenvalue weighted by atomic mass is 10.1. The highest BCUT2D eigenvalue weighted by Gasteiger charge is 2.08. The Bertz CT molecular complexity index is 399. The second kappa shape index (κ2) is 5.97. The molecule has 0 aliphatic carbocycles. The molecule has 1 rings (SSSR count). The van der Waals surface area contributed by atoms with Gasteiger partial charge >= 0.3 is 5.20 Å². The van der Waals surface area contributed by atoms with Crippen LogP contribution in [0, 0.1) is 20.8 Å². The molecule has 0 saturated carbocycles. The number of nitrogens with zero attached hydrogens (tertiary/aromatic N) is 1. The van der Waals surface area contributed by atoms with Crippen LogP contribution in [0.4, 0.5) is 0 Å². The highest BCUT2D eigenvalue weighted by molar-refractivity contribution is 8.24. The van der Waals surface area contributed by atoms with E-state index in [1.807, 2.05) is 0 Å². The van der Waals surface area contributed by atoms with Gasteiger partial charge in [0.25, 0.3) is 0 Å². The number of halogens is 3. The summed E-state index contributed by atoms with van der Waals surface area (Å²) in [6, 6.07) is 0. The maximum atomic E-state index is 9.51. The van der Waals surface area contributed by atoms with Crippen molar-refractivity contribution in [3.8, 4) is 11.6 Å². The van der Waals surface area contributed by atoms with Crippen LogP contribution in [-0.2, 0) is 4.57 Å². The maximum Gasteiger partial charge on any atom is 0.339 e. The van der Waals surface area contributed by atoms with Gasteiger partial charge in [-0.25, -0.2) is 4.98 Å². The third-order valence-corrected chi connectivity index (χ3v) is 1.86. The highest BCUT2D eigenvalue weighted by atomic mass is 36.0. The molecule has 0 amide bonds. The zero-order chi connectivity index (χ0) is 13.1. The van der Waals surface area contributed by atoms with Crippen molar-refractivity contribution in [2.75, 3.05) is 0 Å². The number of aromatic hydroxyl groups is 2. The van der Waals surface area contributed by atoms with Gasteiger partial charge in [0.15, 0.2) is 0 Å². The van der Waals surface area contributed by atoms with Crippen molar-refractivity contribution >= 4 is 38.9 Å². The number of pyridine rings is 1. The SMILES string of the molecule is Cc1nc(O)c(C)c(O)c1C.O=P(Cl)(Cl)Cl. The molecule has 2 N–H and O–H groups in total. The first kappa shape index (κ1) is 15.9. The van der Waals surface area contributed by atoms with E-state index >= 15 is 0 Å². The molecule has 1 aromatic heterocycles. The molecule has 0 radical (unpaired) electrons. The molecule has 1 heterocycles. The Kier molecular flexibility index (Phi) is 5.91. The van der Waals surface area contributed by atoms with E-state index in [0.717, 1.165) is 5.56 Å². The Balaban J connectivity index is 0.000000385. The molecule has 0 spiro atoms. The van der Waals surface area contributed by atoms with Gasteiger partial charge in [0.2, 0.25) is 5.88 Å². The topological polar surface area (TPSA) is 70.4 Å². The third-order valence-electron chi connectivity index (χ3n) is 1.86. The third kappa shape index (κ3) is 5.80. The summed E-state index contributed by atoms with van der Waals surface area (Å²) in [7, 11) is 0. The lowest BCUT2D eigenvalue weighted by Crippen LogP contribution is -1.90. The minimum absolute atomic E-state index is 0.0920. The van der Waals surface area contributed by atoms with Crippen LogP contribution < -0.4 is 0 Å². The van der Waals surface area contributed by atoms with Gasteiger partial charge in [0.1, 0.15) is 5.75 Å². The van der Waals surface area contributed by atoms with Crippen molar-refractivity contribution in [2.24, 2.45) is 0 Å². The average molecular weight is 307 g/mol. The summed E-state index contributed by atoms with van der Waals surface area (Å²) in [5, 5.41) is 15.3. The van der Waals surface area contributed by atoms with Crippen molar-refractivity contribution < 1.29 is 14.8 Å². The Morgan fingerprint density at radius 1 is 1.06 bits per heavy atom. The zero-order valence-electron chi connectivity index (χ0n) is 8.83. The highest BCUT2D eigenvalue weighted by Crippen LogP contribution is 2.61. The second-order valence-corrected chi connectivity index (χ2v) is 9.66. The summed E-state index contributed by atoms with van der Waals surface area (Å²) in [6.07, 6.45) is 0. The number of hydrogen-bond donors (Lipinski definition) is 2. The summed E-state index contributed by atoms with van der Waals surface area (Å²) < 4.78 is 9.51. The first-order valence-corrected chi connectivity index (χ1v) is 8.51. The molecule has 92 valence electrons. The molecule has 0 bridgehead atoms. The van der Waals surface area contributed by atoms with Crippen LogP contribution >= 0.6 is 38.9 Å². The summed E-state index contributed by atoms with van der Waals surface area (Å²) in [4.78, 5) is 3.83. The van der Waals surface area contributed by atoms with Crippen LogP contribution in [-0.4, -0.2) is 15.2 Å². The van der Waals surface area contributed by atoms with Crippen molar-refractivity contribution in [3.05, 3.63) is 16.8 Å². The molecule has 0 unspecified atom stereocenters. The van der Waals surface area contributed by atoms with Gasteiger partial charge in [-0.15, -0.1) is 0 Å². The molecule has 0 atom stereocenters. The predicted molar refractivity (Wildman–Crippen MR) is 66.9 cm³/mol. The summed E-state index contributed by atoms with van der Waals surface area (Å²) in [6.45, 7) is 5.14. The molecule has 0 fully saturated rings. The second-order valence-electron chi connectivity index (χ2n) is 3.02. The monoisotopic (exact) mass is 305 g/mol. The van der Waals surface area contributed by atoms with Crippen molar-refractivity contribution in [1.29, 1.82) is 0 Å². The van der Waals surface area contributed by atoms with Crippen LogP contribution in [0.1, 0.15) is 16.8 Å². The van der Waals surface area contributed by atoms with Gasteiger partial charge in [0, 0.05) is 11.3 Å². The molecule has 4 nitrogen and oxygen atoms in total. The molecule has 0 aromatic carbocycles. The Morgan fingerprint density at radius 3 is 1.81 bits per heavy atom. The first-order valence-electron chi connectivity index (χ1n) is 4.08. The zero-order valence-corrected chi connectivity index (χ0v) is 12.0. The number of hydrogen-bond acceptors (Lipinski definition) is 4. The van der Waals surface area contributed by atoms with E-state index in [9.17, 15) is 9.67 Å². The molecule has 8 heteroatoms. The van der Waals surface area contributed by atoms with E-state index in [1.54, 1.807) is 20.8 Å². The molecule has 1 aromatic rings. The predicted octanol–water partition coefficient (Wildman–Crippen LogP) is 4.23. The van der Waals surface area contributed by atoms with Gasteiger partial charge in [-0.2, -0.15) is 0 Å². The summed E-state index contributed by atoms with van der Waals surface area (Å²) in [5.41, 5.74) is 1.82. The van der Waals surface area contributed by atoms with Gasteiger partial charge in [-0.1, -0.05) is 0 Å². The lowest BCUT2D eigenvalue weighted by Gasteiger charge is -2.06. The van der Waals surface area contributed by atoms with Gasteiger partial charge in [-0.05, 0) is 54.5 Å². The minimum atomic E-state index is -3.22. The lowest BCUT2D eigenvalue weighted by molar-refractivity contribution is 0.423. The summed E-state index contributed by atoms with van der Waals surface area (Å²) in [5.74, 6) is 0.0422. The Morgan fingerprint density at radius 2 is 1.44 bits per heavy atom. The van der Waals surface area contributed by atoms with Crippen LogP contribution in [0.5, 0.6) is 11.6 Å². The van der Waals surface area contributed by atoms with Crippen molar-refractivity contribution in [2.45, 2.75) is 20.8 Å². The van der Waals surface area contributed by atoms with Crippen LogP contribution in [0.15, 0.2) is 0 Å². The molecule has 0 saturated heterocycles. The standard InChI is InChI=1S/C8H11NO2.Cl3OP/c1-4-6(3)9-8(11)5(2)7(4)10;1-5(2,3)4/h1-3H3,(H2,9,10,11);. The molecular formula is C8H11Cl3NO3P. The van der Waals surface area contributed by atoms with Crippen LogP contribution in [0.25, 0.3) is 0 Å². The van der Waals surface area contributed by atoms with Crippen molar-refractivity contribution in [3.63, 3.8) is 0 Å². The van der Waals surface area contributed by atoms with E-state index in [4.69, 9.17) is 5.11 Å². The number of rotatable bonds is 0. The molecular weight excluding hydrogens is 295 g/mol. The first-order chi connectivity index (χ1) is 7.04.